The van der Waals surface area contributed by atoms with E-state index >= 15 is 0 Å². The molecule has 0 bridgehead atoms. The summed E-state index contributed by atoms with van der Waals surface area (Å²) in [6, 6.07) is 9.53. The van der Waals surface area contributed by atoms with E-state index < -0.39 is 19.0 Å². The zero-order chi connectivity index (χ0) is 25.7. The van der Waals surface area contributed by atoms with Crippen molar-refractivity contribution in [3.63, 3.8) is 0 Å². The second kappa shape index (κ2) is 8.80. The Kier molecular flexibility index (Phi) is 5.55. The highest BCUT2D eigenvalue weighted by Gasteiger charge is 2.47. The molecule has 5 heterocycles. The van der Waals surface area contributed by atoms with Crippen LogP contribution in [0.4, 0.5) is 26.2 Å². The van der Waals surface area contributed by atoms with E-state index in [-0.39, 0.29) is 11.1 Å². The van der Waals surface area contributed by atoms with Crippen LogP contribution in [-0.4, -0.2) is 66.3 Å². The number of anilines is 3. The van der Waals surface area contributed by atoms with E-state index in [1.807, 2.05) is 35.4 Å². The van der Waals surface area contributed by atoms with Gasteiger partial charge in [0, 0.05) is 36.7 Å². The molecular weight excluding hydrogens is 504 g/mol. The number of carbonyl (C=O) groups is 1. The van der Waals surface area contributed by atoms with Crippen LogP contribution in [0, 0.1) is 0 Å². The molecule has 6 rings (SSSR count). The van der Waals surface area contributed by atoms with Crippen molar-refractivity contribution in [1.29, 1.82) is 0 Å². The largest absolute Gasteiger partial charge is 0.342 e. The Bertz CT molecular complexity index is 1460. The molecule has 1 aromatic carbocycles. The molecule has 13 heteroatoms. The second-order valence-electron chi connectivity index (χ2n) is 9.19. The monoisotopic (exact) mass is 525 g/mol. The first-order valence-corrected chi connectivity index (χ1v) is 12.0. The molecule has 10 nitrogen and oxygen atoms in total. The van der Waals surface area contributed by atoms with Crippen molar-refractivity contribution in [3.8, 4) is 11.1 Å². The number of H-pyrrole nitrogens is 1. The first-order valence-electron chi connectivity index (χ1n) is 11.6. The summed E-state index contributed by atoms with van der Waals surface area (Å²) in [5, 5.41) is 18.3. The number of benzene rings is 1. The van der Waals surface area contributed by atoms with Crippen LogP contribution < -0.4 is 10.2 Å². The van der Waals surface area contributed by atoms with Crippen molar-refractivity contribution in [3.05, 3.63) is 64.8 Å². The zero-order valence-corrected chi connectivity index (χ0v) is 20.5. The summed E-state index contributed by atoms with van der Waals surface area (Å²) < 4.78 is 28.3. The smallest absolute Gasteiger partial charge is 0.282 e. The summed E-state index contributed by atoms with van der Waals surface area (Å²) in [5.74, 6) is -2.42. The Balaban J connectivity index is 1.19. The summed E-state index contributed by atoms with van der Waals surface area (Å²) >= 11 is 6.28. The molecule has 2 aliphatic rings. The number of hydrogen-bond donors (Lipinski definition) is 2. The predicted octanol–water partition coefficient (Wildman–Crippen LogP) is 3.65. The topological polar surface area (TPSA) is 108 Å². The number of halogens is 3. The maximum Gasteiger partial charge on any atom is 0.282 e. The van der Waals surface area contributed by atoms with Crippen LogP contribution in [0.5, 0.6) is 0 Å². The van der Waals surface area contributed by atoms with E-state index in [0.717, 1.165) is 28.1 Å². The van der Waals surface area contributed by atoms with Crippen LogP contribution in [0.15, 0.2) is 42.7 Å². The molecule has 190 valence electrons. The van der Waals surface area contributed by atoms with Crippen LogP contribution in [-0.2, 0) is 20.0 Å². The van der Waals surface area contributed by atoms with Gasteiger partial charge in [-0.2, -0.15) is 10.1 Å². The van der Waals surface area contributed by atoms with Crippen LogP contribution >= 0.6 is 11.6 Å². The number of amides is 1. The zero-order valence-electron chi connectivity index (χ0n) is 19.7. The van der Waals surface area contributed by atoms with E-state index in [4.69, 9.17) is 11.6 Å². The van der Waals surface area contributed by atoms with Crippen molar-refractivity contribution >= 4 is 35.0 Å². The number of aromatic amines is 1. The number of nitrogens with zero attached hydrogens (tertiary/aromatic N) is 7. The van der Waals surface area contributed by atoms with Crippen molar-refractivity contribution < 1.29 is 13.6 Å². The maximum absolute atomic E-state index is 13.3. The molecule has 0 unspecified atom stereocenters. The van der Waals surface area contributed by atoms with Crippen LogP contribution in [0.2, 0.25) is 5.15 Å². The molecule has 1 saturated heterocycles. The van der Waals surface area contributed by atoms with Gasteiger partial charge < -0.3 is 19.7 Å². The fraction of sp³-hybridized carbons (Fsp3) is 0.292. The predicted molar refractivity (Wildman–Crippen MR) is 133 cm³/mol. The second-order valence-corrected chi connectivity index (χ2v) is 9.55. The van der Waals surface area contributed by atoms with Gasteiger partial charge in [-0.25, -0.2) is 8.78 Å². The lowest BCUT2D eigenvalue weighted by Gasteiger charge is -2.38. The summed E-state index contributed by atoms with van der Waals surface area (Å²) in [4.78, 5) is 20.5. The van der Waals surface area contributed by atoms with Gasteiger partial charge in [0.05, 0.1) is 25.8 Å². The normalized spacial score (nSPS) is 16.3. The molecule has 1 fully saturated rings. The lowest BCUT2D eigenvalue weighted by molar-refractivity contribution is -0.113. The van der Waals surface area contributed by atoms with Gasteiger partial charge in [-0.15, -0.1) is 10.2 Å². The van der Waals surface area contributed by atoms with Gasteiger partial charge in [0.25, 0.3) is 11.8 Å². The minimum absolute atomic E-state index is 0.137. The molecule has 2 aliphatic heterocycles. The van der Waals surface area contributed by atoms with E-state index in [1.165, 1.54) is 4.90 Å². The van der Waals surface area contributed by atoms with Gasteiger partial charge in [-0.05, 0) is 35.7 Å². The van der Waals surface area contributed by atoms with Crippen LogP contribution in [0.25, 0.3) is 11.1 Å². The van der Waals surface area contributed by atoms with E-state index in [1.54, 1.807) is 23.9 Å². The number of likely N-dealkylation sites (tertiary alicyclic amines) is 1. The average Bonchev–Trinajstić information content (AvgIpc) is 3.52. The average molecular weight is 526 g/mol. The molecule has 1 amide bonds. The van der Waals surface area contributed by atoms with Crippen molar-refractivity contribution in [1.82, 2.24) is 34.8 Å². The summed E-state index contributed by atoms with van der Waals surface area (Å²) in [5.41, 5.74) is 5.09. The van der Waals surface area contributed by atoms with Gasteiger partial charge in [0.2, 0.25) is 5.95 Å². The Morgan fingerprint density at radius 3 is 2.65 bits per heavy atom. The highest BCUT2D eigenvalue weighted by atomic mass is 35.5. The number of rotatable bonds is 5. The summed E-state index contributed by atoms with van der Waals surface area (Å²) in [6.45, 7) is -0.0359. The Morgan fingerprint density at radius 2 is 1.95 bits per heavy atom. The molecule has 2 N–H and O–H groups in total. The quantitative estimate of drug-likeness (QED) is 0.409. The van der Waals surface area contributed by atoms with Gasteiger partial charge in [-0.3, -0.25) is 9.89 Å². The Hall–Kier alpha value is -4.06. The fourth-order valence-corrected chi connectivity index (χ4v) is 4.78. The molecule has 0 spiro atoms. The molecule has 0 aliphatic carbocycles. The summed E-state index contributed by atoms with van der Waals surface area (Å²) in [6.07, 6.45) is 4.22. The van der Waals surface area contributed by atoms with Gasteiger partial charge in [0.1, 0.15) is 5.69 Å². The van der Waals surface area contributed by atoms with Crippen molar-refractivity contribution in [2.75, 3.05) is 29.9 Å². The molecule has 3 aromatic heterocycles. The Labute approximate surface area is 215 Å². The highest BCUT2D eigenvalue weighted by Crippen LogP contribution is 2.31. The van der Waals surface area contributed by atoms with E-state index in [0.29, 0.717) is 37.0 Å². The Morgan fingerprint density at radius 1 is 1.16 bits per heavy atom. The SMILES string of the molecule is Cn1c(C(=O)N2CC(F)(F)C2)cc2c1CN(c1nnc(Cl)c(Nc3ccc(-c4cn[nH]c4)cc3)n1)CC2. The van der Waals surface area contributed by atoms with Crippen LogP contribution in [0.1, 0.15) is 21.7 Å². The summed E-state index contributed by atoms with van der Waals surface area (Å²) in [7, 11) is 1.77. The van der Waals surface area contributed by atoms with E-state index in [9.17, 15) is 13.6 Å². The standard InChI is InChI=1S/C24H22ClF2N9O/c1-34-18(22(37)36-12-24(26,27)13-36)8-15-6-7-35(11-19(15)34)23-31-21(20(25)32-33-23)30-17-4-2-14(3-5-17)16-9-28-29-10-16/h2-5,8-10H,6-7,11-13H2,1H3,(H,28,29)(H,30,31,33). The van der Waals surface area contributed by atoms with E-state index in [2.05, 4.69) is 30.7 Å². The third kappa shape index (κ3) is 4.37. The maximum atomic E-state index is 13.3. The third-order valence-electron chi connectivity index (χ3n) is 6.69. The molecule has 0 atom stereocenters. The first-order chi connectivity index (χ1) is 17.8. The lowest BCUT2D eigenvalue weighted by atomic mass is 10.1. The highest BCUT2D eigenvalue weighted by molar-refractivity contribution is 6.31. The minimum Gasteiger partial charge on any atom is -0.342 e. The number of carbonyl (C=O) groups excluding carboxylic acids is 1. The van der Waals surface area contributed by atoms with Gasteiger partial charge >= 0.3 is 0 Å². The third-order valence-corrected chi connectivity index (χ3v) is 6.94. The number of fused-ring (bicyclic) bond motifs is 1. The number of alkyl halides is 2. The first kappa shape index (κ1) is 23.3. The molecule has 0 radical (unpaired) electrons. The number of aromatic nitrogens is 6. The van der Waals surface area contributed by atoms with Crippen LogP contribution in [0.3, 0.4) is 0 Å². The number of hydrogen-bond acceptors (Lipinski definition) is 7. The molecule has 4 aromatic rings. The van der Waals surface area contributed by atoms with Crippen molar-refractivity contribution in [2.24, 2.45) is 7.05 Å². The van der Waals surface area contributed by atoms with Gasteiger partial charge in [0.15, 0.2) is 11.0 Å². The van der Waals surface area contributed by atoms with Gasteiger partial charge in [-0.1, -0.05) is 23.7 Å². The fourth-order valence-electron chi connectivity index (χ4n) is 4.65. The lowest BCUT2D eigenvalue weighted by Crippen LogP contribution is -2.58. The van der Waals surface area contributed by atoms with Crippen molar-refractivity contribution in [2.45, 2.75) is 18.9 Å². The molecular formula is C24H22ClF2N9O. The molecule has 0 saturated carbocycles. The number of nitrogens with one attached hydrogen (secondary N) is 2. The molecule has 37 heavy (non-hydrogen) atoms. The minimum atomic E-state index is -2.80.